The van der Waals surface area contributed by atoms with Gasteiger partial charge in [-0.25, -0.2) is 27.6 Å². The fourth-order valence-electron chi connectivity index (χ4n) is 4.11. The lowest BCUT2D eigenvalue weighted by Gasteiger charge is -2.39. The lowest BCUT2D eigenvalue weighted by atomic mass is 10.0. The molecule has 0 atom stereocenters. The highest BCUT2D eigenvalue weighted by molar-refractivity contribution is 9.10. The highest BCUT2D eigenvalue weighted by atomic mass is 79.9. The number of carbonyl (C=O) groups is 1. The number of ether oxygens (including phenoxy) is 2. The molecule has 0 spiro atoms. The third-order valence-electron chi connectivity index (χ3n) is 5.63. The van der Waals surface area contributed by atoms with Crippen LogP contribution in [0, 0.1) is 5.82 Å². The van der Waals surface area contributed by atoms with Gasteiger partial charge in [0.05, 0.1) is 16.4 Å². The maximum atomic E-state index is 15.2. The largest absolute Gasteiger partial charge is 0.489 e. The fraction of sp³-hybridized carbons (Fsp3) is 0.571. The molecule has 4 rings (SSSR count). The maximum absolute atomic E-state index is 15.2. The zero-order valence-electron chi connectivity index (χ0n) is 19.2. The molecule has 34 heavy (non-hydrogen) atoms. The first-order chi connectivity index (χ1) is 15.8. The number of amides is 1. The molecule has 2 aliphatic heterocycles. The summed E-state index contributed by atoms with van der Waals surface area (Å²) in [7, 11) is -3.83. The molecule has 0 radical (unpaired) electrons. The third-order valence-corrected chi connectivity index (χ3v) is 7.81. The Morgan fingerprint density at radius 3 is 2.47 bits per heavy atom. The molecular weight excluding hydrogens is 555 g/mol. The quantitative estimate of drug-likeness (QED) is 0.386. The first-order valence-corrected chi connectivity index (χ1v) is 13.8. The Balaban J connectivity index is 1.75. The Labute approximate surface area is 210 Å². The summed E-state index contributed by atoms with van der Waals surface area (Å²) in [6, 6.07) is -0.0933. The Kier molecular flexibility index (Phi) is 6.62. The van der Waals surface area contributed by atoms with E-state index in [9.17, 15) is 13.2 Å². The molecule has 0 N–H and O–H groups in total. The Morgan fingerprint density at radius 1 is 1.24 bits per heavy atom. The van der Waals surface area contributed by atoms with Crippen molar-refractivity contribution in [2.75, 3.05) is 37.4 Å². The van der Waals surface area contributed by atoms with Crippen LogP contribution >= 0.6 is 27.5 Å². The van der Waals surface area contributed by atoms with E-state index in [-0.39, 0.29) is 50.7 Å². The van der Waals surface area contributed by atoms with Crippen molar-refractivity contribution in [2.45, 2.75) is 50.4 Å². The van der Waals surface area contributed by atoms with Gasteiger partial charge in [0.2, 0.25) is 15.0 Å². The lowest BCUT2D eigenvalue weighted by molar-refractivity contribution is 0.0204. The van der Waals surface area contributed by atoms with Gasteiger partial charge in [0.15, 0.2) is 11.6 Å². The molecule has 0 unspecified atom stereocenters. The number of aromatic nitrogens is 2. The summed E-state index contributed by atoms with van der Waals surface area (Å²) in [5, 5.41) is -0.221. The van der Waals surface area contributed by atoms with Gasteiger partial charge in [0.25, 0.3) is 0 Å². The summed E-state index contributed by atoms with van der Waals surface area (Å²) in [4.78, 5) is 24.3. The van der Waals surface area contributed by atoms with E-state index in [1.165, 1.54) is 0 Å². The number of hydrogen-bond acceptors (Lipinski definition) is 8. The minimum absolute atomic E-state index is 0.0311. The van der Waals surface area contributed by atoms with Crippen molar-refractivity contribution in [1.82, 2.24) is 14.9 Å². The molecule has 0 aliphatic carbocycles. The molecule has 0 saturated carbocycles. The molecule has 1 saturated heterocycles. The molecule has 9 nitrogen and oxygen atoms in total. The fourth-order valence-corrected chi connectivity index (χ4v) is 5.22. The van der Waals surface area contributed by atoms with Crippen LogP contribution < -0.4 is 9.64 Å². The number of nitrogens with zero attached hydrogens (tertiary/aromatic N) is 4. The molecule has 1 fully saturated rings. The monoisotopic (exact) mass is 578 g/mol. The van der Waals surface area contributed by atoms with Crippen LogP contribution in [-0.4, -0.2) is 73.5 Å². The molecule has 186 valence electrons. The molecular formula is C21H25BrClFN4O5S. The van der Waals surface area contributed by atoms with Crippen molar-refractivity contribution in [3.8, 4) is 5.75 Å². The van der Waals surface area contributed by atoms with Gasteiger partial charge in [-0.3, -0.25) is 0 Å². The first-order valence-electron chi connectivity index (χ1n) is 10.7. The van der Waals surface area contributed by atoms with Crippen LogP contribution in [0.3, 0.4) is 0 Å². The van der Waals surface area contributed by atoms with Crippen LogP contribution in [0.4, 0.5) is 15.0 Å². The van der Waals surface area contributed by atoms with Gasteiger partial charge in [0.1, 0.15) is 28.6 Å². The summed E-state index contributed by atoms with van der Waals surface area (Å²) < 4.78 is 51.1. The number of benzene rings is 1. The topological polar surface area (TPSA) is 102 Å². The second-order valence-corrected chi connectivity index (χ2v) is 12.4. The Bertz CT molecular complexity index is 1260. The number of piperidine rings is 1. The maximum Gasteiger partial charge on any atom is 0.410 e. The van der Waals surface area contributed by atoms with Gasteiger partial charge in [-0.1, -0.05) is 11.6 Å². The summed E-state index contributed by atoms with van der Waals surface area (Å²) >= 11 is 9.48. The minimum atomic E-state index is -3.83. The average molecular weight is 580 g/mol. The van der Waals surface area contributed by atoms with Crippen LogP contribution in [-0.2, 0) is 14.6 Å². The van der Waals surface area contributed by atoms with Gasteiger partial charge >= 0.3 is 6.09 Å². The standard InChI is InChI=1S/C21H25BrClFN4O5S/c1-21(2,3)33-20(29)27-7-5-11(6-8-27)28-9-10-32-17-12-16(15(24)13(22)14(17)23)25-19(26-18(12)28)34(4,30)31/h11H,5-10H2,1-4H3. The van der Waals surface area contributed by atoms with Gasteiger partial charge in [0, 0.05) is 25.4 Å². The first kappa shape index (κ1) is 25.2. The Morgan fingerprint density at radius 2 is 1.88 bits per heavy atom. The van der Waals surface area contributed by atoms with Crippen LogP contribution in [0.25, 0.3) is 10.9 Å². The molecule has 0 bridgehead atoms. The second kappa shape index (κ2) is 8.94. The predicted molar refractivity (Wildman–Crippen MR) is 129 cm³/mol. The number of likely N-dealkylation sites (tertiary alicyclic amines) is 1. The van der Waals surface area contributed by atoms with E-state index in [0.29, 0.717) is 32.5 Å². The van der Waals surface area contributed by atoms with Crippen LogP contribution in [0.1, 0.15) is 33.6 Å². The van der Waals surface area contributed by atoms with Crippen LogP contribution in [0.15, 0.2) is 9.63 Å². The van der Waals surface area contributed by atoms with Gasteiger partial charge in [-0.15, -0.1) is 0 Å². The molecule has 1 aromatic carbocycles. The van der Waals surface area contributed by atoms with E-state index in [1.54, 1.807) is 4.90 Å². The summed E-state index contributed by atoms with van der Waals surface area (Å²) in [5.41, 5.74) is -0.777. The van der Waals surface area contributed by atoms with Crippen molar-refractivity contribution in [3.05, 3.63) is 15.3 Å². The zero-order valence-corrected chi connectivity index (χ0v) is 22.4. The van der Waals surface area contributed by atoms with Crippen molar-refractivity contribution in [3.63, 3.8) is 0 Å². The number of halogens is 3. The van der Waals surface area contributed by atoms with Crippen LogP contribution in [0.5, 0.6) is 5.75 Å². The smallest absolute Gasteiger partial charge is 0.410 e. The second-order valence-electron chi connectivity index (χ2n) is 9.34. The lowest BCUT2D eigenvalue weighted by Crippen LogP contribution is -2.49. The summed E-state index contributed by atoms with van der Waals surface area (Å²) in [6.07, 6.45) is 1.77. The number of anilines is 1. The van der Waals surface area contributed by atoms with Crippen molar-refractivity contribution < 1.29 is 27.1 Å². The van der Waals surface area contributed by atoms with E-state index in [4.69, 9.17) is 21.1 Å². The van der Waals surface area contributed by atoms with E-state index in [0.717, 1.165) is 6.26 Å². The molecule has 1 aromatic heterocycles. The van der Waals surface area contributed by atoms with Crippen molar-refractivity contribution in [2.24, 2.45) is 0 Å². The van der Waals surface area contributed by atoms with E-state index in [2.05, 4.69) is 25.9 Å². The third kappa shape index (κ3) is 4.76. The van der Waals surface area contributed by atoms with E-state index < -0.39 is 26.4 Å². The normalized spacial score (nSPS) is 17.5. The number of hydrogen-bond donors (Lipinski definition) is 0. The average Bonchev–Trinajstić information content (AvgIpc) is 2.94. The highest BCUT2D eigenvalue weighted by Gasteiger charge is 2.35. The molecule has 13 heteroatoms. The predicted octanol–water partition coefficient (Wildman–Crippen LogP) is 4.19. The molecule has 1 amide bonds. The summed E-state index contributed by atoms with van der Waals surface area (Å²) in [6.45, 7) is 6.94. The SMILES string of the molecule is CC(C)(C)OC(=O)N1CCC(N2CCOc3c(Cl)c(Br)c(F)c4nc(S(C)(=O)=O)nc2c34)CC1. The Hall–Kier alpha value is -1.92. The minimum Gasteiger partial charge on any atom is -0.489 e. The number of sulfone groups is 1. The molecule has 2 aliphatic rings. The van der Waals surface area contributed by atoms with Gasteiger partial charge < -0.3 is 19.3 Å². The highest BCUT2D eigenvalue weighted by Crippen LogP contribution is 2.46. The van der Waals surface area contributed by atoms with Crippen molar-refractivity contribution in [1.29, 1.82) is 0 Å². The van der Waals surface area contributed by atoms with Gasteiger partial charge in [-0.2, -0.15) is 0 Å². The summed E-state index contributed by atoms with van der Waals surface area (Å²) in [5.74, 6) is -0.335. The van der Waals surface area contributed by atoms with Crippen LogP contribution in [0.2, 0.25) is 5.02 Å². The molecule has 3 heterocycles. The molecule has 2 aromatic rings. The zero-order chi connectivity index (χ0) is 25.0. The van der Waals surface area contributed by atoms with E-state index in [1.807, 2.05) is 25.7 Å². The number of rotatable bonds is 2. The van der Waals surface area contributed by atoms with E-state index >= 15 is 4.39 Å². The number of carbonyl (C=O) groups excluding carboxylic acids is 1. The van der Waals surface area contributed by atoms with Gasteiger partial charge in [-0.05, 0) is 49.5 Å². The van der Waals surface area contributed by atoms with Crippen molar-refractivity contribution >= 4 is 60.2 Å².